The van der Waals surface area contributed by atoms with Crippen LogP contribution < -0.4 is 5.32 Å². The number of nitrogens with zero attached hydrogens (tertiary/aromatic N) is 1. The Morgan fingerprint density at radius 2 is 1.88 bits per heavy atom. The average molecular weight is 230 g/mol. The van der Waals surface area contributed by atoms with Gasteiger partial charge in [-0.05, 0) is 0 Å². The molecule has 0 bridgehead atoms. The van der Waals surface area contributed by atoms with E-state index >= 15 is 0 Å². The van der Waals surface area contributed by atoms with E-state index in [-0.39, 0.29) is 18.3 Å². The van der Waals surface area contributed by atoms with Gasteiger partial charge in [0.1, 0.15) is 24.4 Å². The summed E-state index contributed by atoms with van der Waals surface area (Å²) in [6, 6.07) is 0. The Morgan fingerprint density at radius 1 is 1.12 bits per heavy atom. The van der Waals surface area contributed by atoms with Crippen molar-refractivity contribution < 1.29 is 19.4 Å². The standard InChI is InChI=1S/C10H18N2O4/c13-7-5-14-10-8(6-15-9(7)10)16-12-3-1-11-2-4-12/h7-11,13H,1-6H2. The van der Waals surface area contributed by atoms with Crippen LogP contribution in [0.25, 0.3) is 0 Å². The summed E-state index contributed by atoms with van der Waals surface area (Å²) in [7, 11) is 0. The van der Waals surface area contributed by atoms with Gasteiger partial charge in [0.05, 0.1) is 13.2 Å². The first-order valence-corrected chi connectivity index (χ1v) is 5.88. The van der Waals surface area contributed by atoms with Crippen LogP contribution in [0.15, 0.2) is 0 Å². The number of hydrogen-bond acceptors (Lipinski definition) is 6. The predicted octanol–water partition coefficient (Wildman–Crippen LogP) is -1.65. The minimum atomic E-state index is -0.498. The Labute approximate surface area is 94.4 Å². The lowest BCUT2D eigenvalue weighted by Crippen LogP contribution is -2.47. The number of aliphatic hydroxyl groups excluding tert-OH is 1. The van der Waals surface area contributed by atoms with Gasteiger partial charge in [0.25, 0.3) is 0 Å². The van der Waals surface area contributed by atoms with Crippen LogP contribution in [-0.2, 0) is 14.3 Å². The molecule has 0 amide bonds. The predicted molar refractivity (Wildman–Crippen MR) is 54.8 cm³/mol. The third-order valence-electron chi connectivity index (χ3n) is 3.34. The van der Waals surface area contributed by atoms with Crippen molar-refractivity contribution in [1.29, 1.82) is 0 Å². The fraction of sp³-hybridized carbons (Fsp3) is 1.00. The molecular weight excluding hydrogens is 212 g/mol. The highest BCUT2D eigenvalue weighted by molar-refractivity contribution is 4.94. The van der Waals surface area contributed by atoms with Crippen LogP contribution in [0.1, 0.15) is 0 Å². The van der Waals surface area contributed by atoms with Gasteiger partial charge in [-0.2, -0.15) is 5.06 Å². The third-order valence-corrected chi connectivity index (χ3v) is 3.34. The van der Waals surface area contributed by atoms with E-state index in [0.717, 1.165) is 26.2 Å². The minimum Gasteiger partial charge on any atom is -0.388 e. The summed E-state index contributed by atoms with van der Waals surface area (Å²) in [5, 5.41) is 14.8. The number of aliphatic hydroxyl groups is 1. The monoisotopic (exact) mass is 230 g/mol. The van der Waals surface area contributed by atoms with Crippen molar-refractivity contribution in [2.24, 2.45) is 0 Å². The first-order valence-electron chi connectivity index (χ1n) is 5.88. The quantitative estimate of drug-likeness (QED) is 0.593. The van der Waals surface area contributed by atoms with Crippen molar-refractivity contribution in [3.05, 3.63) is 0 Å². The van der Waals surface area contributed by atoms with Crippen LogP contribution in [0.2, 0.25) is 0 Å². The number of fused-ring (bicyclic) bond motifs is 1. The zero-order valence-electron chi connectivity index (χ0n) is 9.17. The van der Waals surface area contributed by atoms with E-state index in [1.807, 2.05) is 5.06 Å². The molecule has 0 aromatic heterocycles. The number of nitrogens with one attached hydrogen (secondary N) is 1. The van der Waals surface area contributed by atoms with Gasteiger partial charge in [-0.25, -0.2) is 0 Å². The fourth-order valence-corrected chi connectivity index (χ4v) is 2.48. The highest BCUT2D eigenvalue weighted by atomic mass is 16.7. The Bertz CT molecular complexity index is 247. The largest absolute Gasteiger partial charge is 0.388 e. The Kier molecular flexibility index (Phi) is 3.10. The van der Waals surface area contributed by atoms with Crippen molar-refractivity contribution >= 4 is 0 Å². The van der Waals surface area contributed by atoms with E-state index in [1.54, 1.807) is 0 Å². The van der Waals surface area contributed by atoms with Gasteiger partial charge in [-0.1, -0.05) is 0 Å². The van der Waals surface area contributed by atoms with Crippen LogP contribution in [0.5, 0.6) is 0 Å². The second-order valence-electron chi connectivity index (χ2n) is 4.49. The number of piperazine rings is 1. The van der Waals surface area contributed by atoms with Crippen molar-refractivity contribution in [1.82, 2.24) is 10.4 Å². The third kappa shape index (κ3) is 1.97. The molecule has 0 radical (unpaired) electrons. The van der Waals surface area contributed by atoms with Crippen molar-refractivity contribution in [2.75, 3.05) is 39.4 Å². The molecule has 3 aliphatic rings. The number of ether oxygens (including phenoxy) is 2. The smallest absolute Gasteiger partial charge is 0.131 e. The SMILES string of the molecule is OC1COC2C(ON3CCNCC3)COC12. The van der Waals surface area contributed by atoms with Crippen LogP contribution in [-0.4, -0.2) is 74.0 Å². The molecule has 6 heteroatoms. The van der Waals surface area contributed by atoms with Gasteiger partial charge >= 0.3 is 0 Å². The lowest BCUT2D eigenvalue weighted by molar-refractivity contribution is -0.220. The van der Waals surface area contributed by atoms with Crippen LogP contribution >= 0.6 is 0 Å². The normalized spacial score (nSPS) is 44.8. The lowest BCUT2D eigenvalue weighted by Gasteiger charge is -2.30. The van der Waals surface area contributed by atoms with Crippen molar-refractivity contribution in [3.63, 3.8) is 0 Å². The number of hydroxylamine groups is 2. The zero-order valence-corrected chi connectivity index (χ0v) is 9.17. The molecule has 0 aromatic rings. The van der Waals surface area contributed by atoms with E-state index in [9.17, 15) is 5.11 Å². The Morgan fingerprint density at radius 3 is 2.69 bits per heavy atom. The molecule has 4 atom stereocenters. The molecule has 3 fully saturated rings. The molecule has 0 saturated carbocycles. The first kappa shape index (κ1) is 10.9. The molecule has 3 saturated heterocycles. The molecule has 3 rings (SSSR count). The minimum absolute atomic E-state index is 0.0692. The second kappa shape index (κ2) is 4.56. The molecule has 6 nitrogen and oxygen atoms in total. The topological polar surface area (TPSA) is 63.2 Å². The average Bonchev–Trinajstić information content (AvgIpc) is 2.86. The van der Waals surface area contributed by atoms with Crippen LogP contribution in [0, 0.1) is 0 Å². The number of rotatable bonds is 2. The van der Waals surface area contributed by atoms with E-state index < -0.39 is 6.10 Å². The van der Waals surface area contributed by atoms with Crippen molar-refractivity contribution in [3.8, 4) is 0 Å². The summed E-state index contributed by atoms with van der Waals surface area (Å²) in [4.78, 5) is 5.85. The Hall–Kier alpha value is -0.240. The van der Waals surface area contributed by atoms with E-state index in [4.69, 9.17) is 14.3 Å². The number of hydrogen-bond donors (Lipinski definition) is 2. The first-order chi connectivity index (χ1) is 7.84. The van der Waals surface area contributed by atoms with Crippen LogP contribution in [0.3, 0.4) is 0 Å². The molecule has 3 aliphatic heterocycles. The summed E-state index contributed by atoms with van der Waals surface area (Å²) >= 11 is 0. The molecule has 2 N–H and O–H groups in total. The maximum atomic E-state index is 9.59. The van der Waals surface area contributed by atoms with E-state index in [1.165, 1.54) is 0 Å². The van der Waals surface area contributed by atoms with Crippen molar-refractivity contribution in [2.45, 2.75) is 24.4 Å². The highest BCUT2D eigenvalue weighted by Gasteiger charge is 2.48. The summed E-state index contributed by atoms with van der Waals surface area (Å²) < 4.78 is 11.0. The molecule has 3 heterocycles. The van der Waals surface area contributed by atoms with Gasteiger partial charge in [0, 0.05) is 26.2 Å². The van der Waals surface area contributed by atoms with Crippen LogP contribution in [0.4, 0.5) is 0 Å². The maximum absolute atomic E-state index is 9.59. The fourth-order valence-electron chi connectivity index (χ4n) is 2.48. The summed E-state index contributed by atoms with van der Waals surface area (Å²) in [6.45, 7) is 4.54. The van der Waals surface area contributed by atoms with Gasteiger partial charge in [0.15, 0.2) is 0 Å². The second-order valence-corrected chi connectivity index (χ2v) is 4.49. The van der Waals surface area contributed by atoms with Gasteiger partial charge in [-0.15, -0.1) is 0 Å². The lowest BCUT2D eigenvalue weighted by atomic mass is 10.1. The summed E-state index contributed by atoms with van der Waals surface area (Å²) in [6.07, 6.45) is -0.875. The molecule has 0 spiro atoms. The molecule has 92 valence electrons. The highest BCUT2D eigenvalue weighted by Crippen LogP contribution is 2.29. The zero-order chi connectivity index (χ0) is 11.0. The van der Waals surface area contributed by atoms with E-state index in [0.29, 0.717) is 13.2 Å². The molecule has 0 aliphatic carbocycles. The molecule has 4 unspecified atom stereocenters. The summed E-state index contributed by atoms with van der Waals surface area (Å²) in [5.41, 5.74) is 0. The van der Waals surface area contributed by atoms with Gasteiger partial charge in [-0.3, -0.25) is 4.84 Å². The molecule has 0 aromatic carbocycles. The summed E-state index contributed by atoms with van der Waals surface area (Å²) in [5.74, 6) is 0. The van der Waals surface area contributed by atoms with E-state index in [2.05, 4.69) is 5.32 Å². The molecular formula is C10H18N2O4. The Balaban J connectivity index is 1.55. The molecule has 16 heavy (non-hydrogen) atoms. The van der Waals surface area contributed by atoms with Gasteiger partial charge < -0.3 is 19.9 Å². The van der Waals surface area contributed by atoms with Gasteiger partial charge in [0.2, 0.25) is 0 Å². The maximum Gasteiger partial charge on any atom is 0.131 e.